The Hall–Kier alpha value is -1.35. The summed E-state index contributed by atoms with van der Waals surface area (Å²) < 4.78 is 0. The van der Waals surface area contributed by atoms with Crippen molar-refractivity contribution in [2.24, 2.45) is 5.92 Å². The van der Waals surface area contributed by atoms with Crippen LogP contribution >= 0.6 is 0 Å². The van der Waals surface area contributed by atoms with Gasteiger partial charge in [0.2, 0.25) is 5.91 Å². The molecule has 0 bridgehead atoms. The number of benzene rings is 1. The van der Waals surface area contributed by atoms with Crippen molar-refractivity contribution in [3.8, 4) is 0 Å². The summed E-state index contributed by atoms with van der Waals surface area (Å²) in [6.45, 7) is 5.09. The van der Waals surface area contributed by atoms with E-state index in [-0.39, 0.29) is 18.0 Å². The Bertz CT molecular complexity index is 377. The Morgan fingerprint density at radius 3 is 2.71 bits per heavy atom. The monoisotopic (exact) mass is 232 g/mol. The van der Waals surface area contributed by atoms with Gasteiger partial charge < -0.3 is 10.6 Å². The Labute approximate surface area is 103 Å². The first-order valence-corrected chi connectivity index (χ1v) is 6.27. The van der Waals surface area contributed by atoms with Gasteiger partial charge in [0.1, 0.15) is 0 Å². The number of amides is 1. The van der Waals surface area contributed by atoms with E-state index in [4.69, 9.17) is 0 Å². The molecule has 0 saturated carbocycles. The zero-order valence-electron chi connectivity index (χ0n) is 10.4. The van der Waals surface area contributed by atoms with Gasteiger partial charge in [-0.1, -0.05) is 37.3 Å². The first kappa shape index (κ1) is 12.1. The Morgan fingerprint density at radius 2 is 2.12 bits per heavy atom. The van der Waals surface area contributed by atoms with Gasteiger partial charge in [-0.3, -0.25) is 4.79 Å². The summed E-state index contributed by atoms with van der Waals surface area (Å²) in [5.74, 6) is 0.546. The maximum absolute atomic E-state index is 12.1. The molecule has 3 nitrogen and oxygen atoms in total. The quantitative estimate of drug-likeness (QED) is 0.835. The molecule has 2 rings (SSSR count). The molecule has 1 amide bonds. The van der Waals surface area contributed by atoms with Crippen LogP contribution in [-0.2, 0) is 4.79 Å². The average molecular weight is 232 g/mol. The third-order valence-corrected chi connectivity index (χ3v) is 3.47. The number of rotatable bonds is 3. The summed E-state index contributed by atoms with van der Waals surface area (Å²) in [6.07, 6.45) is 1.08. The standard InChI is InChI=1S/C14H20N2O/c1-10-8-9-15-13(10)14(17)16-11(2)12-6-4-3-5-7-12/h3-7,10-11,13,15H,8-9H2,1-2H3,(H,16,17)/t10?,11-,13?/m0/s1. The Kier molecular flexibility index (Phi) is 3.79. The van der Waals surface area contributed by atoms with E-state index in [1.54, 1.807) is 0 Å². The molecular weight excluding hydrogens is 212 g/mol. The van der Waals surface area contributed by atoms with Crippen LogP contribution in [0.3, 0.4) is 0 Å². The lowest BCUT2D eigenvalue weighted by molar-refractivity contribution is -0.124. The van der Waals surface area contributed by atoms with Gasteiger partial charge in [-0.2, -0.15) is 0 Å². The van der Waals surface area contributed by atoms with Crippen LogP contribution in [0.5, 0.6) is 0 Å². The molecule has 1 aliphatic rings. The molecule has 1 saturated heterocycles. The van der Waals surface area contributed by atoms with Gasteiger partial charge in [0.05, 0.1) is 12.1 Å². The normalized spacial score (nSPS) is 25.5. The molecule has 2 N–H and O–H groups in total. The minimum atomic E-state index is -0.0267. The largest absolute Gasteiger partial charge is 0.348 e. The highest BCUT2D eigenvalue weighted by Crippen LogP contribution is 2.17. The van der Waals surface area contributed by atoms with E-state index in [9.17, 15) is 4.79 Å². The van der Waals surface area contributed by atoms with E-state index >= 15 is 0 Å². The molecule has 0 spiro atoms. The number of carbonyl (C=O) groups is 1. The lowest BCUT2D eigenvalue weighted by Gasteiger charge is -2.20. The van der Waals surface area contributed by atoms with Gasteiger partial charge in [-0.05, 0) is 31.4 Å². The maximum Gasteiger partial charge on any atom is 0.237 e. The minimum absolute atomic E-state index is 0.0267. The average Bonchev–Trinajstić information content (AvgIpc) is 2.76. The van der Waals surface area contributed by atoms with Crippen LogP contribution in [0.4, 0.5) is 0 Å². The molecule has 1 aromatic rings. The van der Waals surface area contributed by atoms with Gasteiger partial charge in [0.15, 0.2) is 0 Å². The summed E-state index contributed by atoms with van der Waals surface area (Å²) in [7, 11) is 0. The SMILES string of the molecule is CC1CCNC1C(=O)N[C@@H](C)c1ccccc1. The van der Waals surface area contributed by atoms with Crippen LogP contribution in [0.1, 0.15) is 31.9 Å². The molecule has 2 unspecified atom stereocenters. The highest BCUT2D eigenvalue weighted by atomic mass is 16.2. The summed E-state index contributed by atoms with van der Waals surface area (Å²) in [6, 6.07) is 10.1. The highest BCUT2D eigenvalue weighted by Gasteiger charge is 2.29. The molecule has 1 heterocycles. The van der Waals surface area contributed by atoms with E-state index in [1.807, 2.05) is 37.3 Å². The van der Waals surface area contributed by atoms with Crippen LogP contribution in [0, 0.1) is 5.92 Å². The summed E-state index contributed by atoms with van der Waals surface area (Å²) in [4.78, 5) is 12.1. The zero-order valence-corrected chi connectivity index (χ0v) is 10.4. The third-order valence-electron chi connectivity index (χ3n) is 3.47. The van der Waals surface area contributed by atoms with E-state index < -0.39 is 0 Å². The molecule has 1 aliphatic heterocycles. The molecule has 0 radical (unpaired) electrons. The molecule has 1 aromatic carbocycles. The van der Waals surface area contributed by atoms with Crippen LogP contribution < -0.4 is 10.6 Å². The third kappa shape index (κ3) is 2.86. The fourth-order valence-electron chi connectivity index (χ4n) is 2.31. The predicted molar refractivity (Wildman–Crippen MR) is 68.6 cm³/mol. The lowest BCUT2D eigenvalue weighted by Crippen LogP contribution is -2.44. The van der Waals surface area contributed by atoms with Crippen molar-refractivity contribution in [2.75, 3.05) is 6.54 Å². The number of carbonyl (C=O) groups excluding carboxylic acids is 1. The number of hydrogen-bond donors (Lipinski definition) is 2. The van der Waals surface area contributed by atoms with Crippen LogP contribution in [-0.4, -0.2) is 18.5 Å². The summed E-state index contributed by atoms with van der Waals surface area (Å²) >= 11 is 0. The predicted octanol–water partition coefficient (Wildman–Crippen LogP) is 1.86. The van der Waals surface area contributed by atoms with E-state index in [2.05, 4.69) is 17.6 Å². The van der Waals surface area contributed by atoms with E-state index in [0.717, 1.165) is 18.5 Å². The molecule has 17 heavy (non-hydrogen) atoms. The lowest BCUT2D eigenvalue weighted by atomic mass is 10.0. The Morgan fingerprint density at radius 1 is 1.41 bits per heavy atom. The second-order valence-electron chi connectivity index (χ2n) is 4.84. The fourth-order valence-corrected chi connectivity index (χ4v) is 2.31. The second-order valence-corrected chi connectivity index (χ2v) is 4.84. The maximum atomic E-state index is 12.1. The van der Waals surface area contributed by atoms with Crippen molar-refractivity contribution < 1.29 is 4.79 Å². The first-order valence-electron chi connectivity index (χ1n) is 6.27. The van der Waals surface area contributed by atoms with Gasteiger partial charge in [0, 0.05) is 0 Å². The van der Waals surface area contributed by atoms with Gasteiger partial charge >= 0.3 is 0 Å². The number of nitrogens with one attached hydrogen (secondary N) is 2. The molecule has 3 heteroatoms. The van der Waals surface area contributed by atoms with Gasteiger partial charge in [-0.15, -0.1) is 0 Å². The van der Waals surface area contributed by atoms with Gasteiger partial charge in [-0.25, -0.2) is 0 Å². The zero-order chi connectivity index (χ0) is 12.3. The summed E-state index contributed by atoms with van der Waals surface area (Å²) in [5, 5.41) is 6.32. The molecule has 0 aliphatic carbocycles. The van der Waals surface area contributed by atoms with Crippen molar-refractivity contribution in [1.82, 2.24) is 10.6 Å². The molecule has 92 valence electrons. The van der Waals surface area contributed by atoms with Crippen molar-refractivity contribution in [1.29, 1.82) is 0 Å². The fraction of sp³-hybridized carbons (Fsp3) is 0.500. The molecule has 3 atom stereocenters. The second kappa shape index (κ2) is 5.32. The number of hydrogen-bond acceptors (Lipinski definition) is 2. The molecular formula is C14H20N2O. The van der Waals surface area contributed by atoms with Crippen LogP contribution in [0.15, 0.2) is 30.3 Å². The van der Waals surface area contributed by atoms with Crippen molar-refractivity contribution in [3.05, 3.63) is 35.9 Å². The smallest absolute Gasteiger partial charge is 0.237 e. The summed E-state index contributed by atoms with van der Waals surface area (Å²) in [5.41, 5.74) is 1.14. The van der Waals surface area contributed by atoms with E-state index in [1.165, 1.54) is 0 Å². The van der Waals surface area contributed by atoms with Crippen molar-refractivity contribution in [3.63, 3.8) is 0 Å². The van der Waals surface area contributed by atoms with E-state index in [0.29, 0.717) is 5.92 Å². The van der Waals surface area contributed by atoms with Crippen molar-refractivity contribution >= 4 is 5.91 Å². The molecule has 1 fully saturated rings. The van der Waals surface area contributed by atoms with Crippen LogP contribution in [0.25, 0.3) is 0 Å². The Balaban J connectivity index is 1.95. The first-order chi connectivity index (χ1) is 8.18. The minimum Gasteiger partial charge on any atom is -0.348 e. The van der Waals surface area contributed by atoms with Crippen molar-refractivity contribution in [2.45, 2.75) is 32.4 Å². The van der Waals surface area contributed by atoms with Gasteiger partial charge in [0.25, 0.3) is 0 Å². The van der Waals surface area contributed by atoms with Crippen LogP contribution in [0.2, 0.25) is 0 Å². The highest BCUT2D eigenvalue weighted by molar-refractivity contribution is 5.82. The molecule has 0 aromatic heterocycles. The topological polar surface area (TPSA) is 41.1 Å².